The van der Waals surface area contributed by atoms with Crippen LogP contribution in [0.1, 0.15) is 41.0 Å². The highest BCUT2D eigenvalue weighted by Crippen LogP contribution is 2.24. The molecule has 0 bridgehead atoms. The zero-order valence-electron chi connectivity index (χ0n) is 12.2. The minimum absolute atomic E-state index is 0.0795. The van der Waals surface area contributed by atoms with Crippen LogP contribution in [0.15, 0.2) is 18.2 Å². The number of carbonyl (C=O) groups is 3. The normalized spacial score (nSPS) is 13.8. The number of rotatable bonds is 5. The maximum Gasteiger partial charge on any atom is 0.261 e. The number of anilines is 1. The fourth-order valence-electron chi connectivity index (χ4n) is 2.13. The van der Waals surface area contributed by atoms with E-state index in [1.165, 1.54) is 6.07 Å². The molecule has 0 saturated carbocycles. The Morgan fingerprint density at radius 3 is 2.57 bits per heavy atom. The first-order chi connectivity index (χ1) is 9.90. The van der Waals surface area contributed by atoms with Crippen molar-refractivity contribution < 1.29 is 14.4 Å². The summed E-state index contributed by atoms with van der Waals surface area (Å²) in [6.45, 7) is 4.65. The van der Waals surface area contributed by atoms with Gasteiger partial charge >= 0.3 is 0 Å². The predicted molar refractivity (Wildman–Crippen MR) is 78.7 cm³/mol. The maximum absolute atomic E-state index is 12.2. The highest BCUT2D eigenvalue weighted by Gasteiger charge is 2.35. The lowest BCUT2D eigenvalue weighted by atomic mass is 10.1. The van der Waals surface area contributed by atoms with E-state index < -0.39 is 0 Å². The van der Waals surface area contributed by atoms with Gasteiger partial charge in [0.2, 0.25) is 5.91 Å². The average Bonchev–Trinajstić information content (AvgIpc) is 2.66. The summed E-state index contributed by atoms with van der Waals surface area (Å²) in [5.74, 6) is -0.568. The van der Waals surface area contributed by atoms with Crippen molar-refractivity contribution in [3.63, 3.8) is 0 Å². The molecule has 6 heteroatoms. The van der Waals surface area contributed by atoms with Crippen molar-refractivity contribution in [3.05, 3.63) is 29.3 Å². The van der Waals surface area contributed by atoms with Crippen molar-refractivity contribution in [2.45, 2.75) is 20.3 Å². The van der Waals surface area contributed by atoms with Gasteiger partial charge in [-0.2, -0.15) is 0 Å². The van der Waals surface area contributed by atoms with Crippen molar-refractivity contribution >= 4 is 23.4 Å². The number of carbonyl (C=O) groups excluding carboxylic acids is 3. The van der Waals surface area contributed by atoms with Crippen LogP contribution >= 0.6 is 0 Å². The molecule has 6 nitrogen and oxygen atoms in total. The van der Waals surface area contributed by atoms with Crippen LogP contribution < -0.4 is 11.1 Å². The minimum Gasteiger partial charge on any atom is -0.399 e. The van der Waals surface area contributed by atoms with E-state index >= 15 is 0 Å². The molecule has 0 saturated heterocycles. The molecule has 1 aromatic carbocycles. The van der Waals surface area contributed by atoms with Gasteiger partial charge in [0.1, 0.15) is 0 Å². The van der Waals surface area contributed by atoms with Crippen molar-refractivity contribution in [2.75, 3.05) is 18.8 Å². The van der Waals surface area contributed by atoms with Gasteiger partial charge in [-0.25, -0.2) is 0 Å². The second kappa shape index (κ2) is 5.95. The first kappa shape index (κ1) is 15.0. The van der Waals surface area contributed by atoms with E-state index in [1.807, 2.05) is 13.8 Å². The first-order valence-corrected chi connectivity index (χ1v) is 6.92. The van der Waals surface area contributed by atoms with E-state index in [0.29, 0.717) is 29.3 Å². The Balaban J connectivity index is 1.99. The van der Waals surface area contributed by atoms with E-state index in [9.17, 15) is 14.4 Å². The summed E-state index contributed by atoms with van der Waals surface area (Å²) in [7, 11) is 0. The number of nitrogens with two attached hydrogens (primary N) is 1. The molecule has 3 amide bonds. The number of hydrogen-bond donors (Lipinski definition) is 2. The number of fused-ring (bicyclic) bond motifs is 1. The molecule has 1 heterocycles. The van der Waals surface area contributed by atoms with Crippen LogP contribution in [0.4, 0.5) is 5.69 Å². The molecule has 21 heavy (non-hydrogen) atoms. The third kappa shape index (κ3) is 3.21. The average molecular weight is 289 g/mol. The molecule has 0 radical (unpaired) electrons. The predicted octanol–water partition coefficient (Wildman–Crippen LogP) is 1.03. The summed E-state index contributed by atoms with van der Waals surface area (Å²) < 4.78 is 0. The lowest BCUT2D eigenvalue weighted by Crippen LogP contribution is -2.35. The Kier molecular flexibility index (Phi) is 4.26. The number of nitrogens with one attached hydrogen (secondary N) is 1. The van der Waals surface area contributed by atoms with Crippen LogP contribution in [0, 0.1) is 5.92 Å². The number of benzene rings is 1. The molecule has 0 unspecified atom stereocenters. The van der Waals surface area contributed by atoms with Crippen LogP contribution in [-0.2, 0) is 4.79 Å². The third-order valence-corrected chi connectivity index (χ3v) is 3.26. The third-order valence-electron chi connectivity index (χ3n) is 3.26. The molecular formula is C15H19N3O3. The van der Waals surface area contributed by atoms with Gasteiger partial charge in [-0.05, 0) is 24.1 Å². The number of nitrogens with zero attached hydrogens (tertiary/aromatic N) is 1. The summed E-state index contributed by atoms with van der Waals surface area (Å²) in [5, 5.41) is 2.76. The van der Waals surface area contributed by atoms with E-state index in [1.54, 1.807) is 12.1 Å². The highest BCUT2D eigenvalue weighted by molar-refractivity contribution is 6.21. The fraction of sp³-hybridized carbons (Fsp3) is 0.400. The second-order valence-electron chi connectivity index (χ2n) is 5.51. The van der Waals surface area contributed by atoms with Crippen LogP contribution in [-0.4, -0.2) is 35.7 Å². The van der Waals surface area contributed by atoms with Crippen LogP contribution in [0.5, 0.6) is 0 Å². The number of amides is 3. The van der Waals surface area contributed by atoms with Crippen molar-refractivity contribution in [1.29, 1.82) is 0 Å². The molecule has 0 atom stereocenters. The zero-order valence-corrected chi connectivity index (χ0v) is 12.2. The number of nitrogen functional groups attached to an aromatic ring is 1. The SMILES string of the molecule is CC(C)CNC(=O)CCN1C(=O)c2ccc(N)cc2C1=O. The lowest BCUT2D eigenvalue weighted by Gasteiger charge is -2.14. The molecule has 1 aromatic rings. The number of imide groups is 1. The molecule has 112 valence electrons. The summed E-state index contributed by atoms with van der Waals surface area (Å²) in [6.07, 6.45) is 0.105. The van der Waals surface area contributed by atoms with Crippen LogP contribution in [0.2, 0.25) is 0 Å². The minimum atomic E-state index is -0.390. The molecular weight excluding hydrogens is 270 g/mol. The molecule has 2 rings (SSSR count). The van der Waals surface area contributed by atoms with Crippen LogP contribution in [0.3, 0.4) is 0 Å². The quantitative estimate of drug-likeness (QED) is 0.625. The second-order valence-corrected chi connectivity index (χ2v) is 5.51. The summed E-state index contributed by atoms with van der Waals surface area (Å²) in [5.41, 5.74) is 6.72. The van der Waals surface area contributed by atoms with Gasteiger partial charge in [-0.3, -0.25) is 19.3 Å². The smallest absolute Gasteiger partial charge is 0.261 e. The Morgan fingerprint density at radius 1 is 1.24 bits per heavy atom. The van der Waals surface area contributed by atoms with Gasteiger partial charge in [0.15, 0.2) is 0 Å². The van der Waals surface area contributed by atoms with E-state index in [-0.39, 0.29) is 30.7 Å². The molecule has 0 aromatic heterocycles. The first-order valence-electron chi connectivity index (χ1n) is 6.92. The molecule has 3 N–H and O–H groups in total. The van der Waals surface area contributed by atoms with Crippen LogP contribution in [0.25, 0.3) is 0 Å². The summed E-state index contributed by atoms with van der Waals surface area (Å²) in [4.78, 5) is 37.0. The summed E-state index contributed by atoms with van der Waals surface area (Å²) in [6, 6.07) is 4.63. The Morgan fingerprint density at radius 2 is 1.90 bits per heavy atom. The zero-order chi connectivity index (χ0) is 15.6. The van der Waals surface area contributed by atoms with Gasteiger partial charge in [0.05, 0.1) is 11.1 Å². The Bertz CT molecular complexity index is 596. The monoisotopic (exact) mass is 289 g/mol. The fourth-order valence-corrected chi connectivity index (χ4v) is 2.13. The molecule has 0 fully saturated rings. The van der Waals surface area contributed by atoms with Gasteiger partial charge in [-0.1, -0.05) is 13.8 Å². The standard InChI is InChI=1S/C15H19N3O3/c1-9(2)8-17-13(19)5-6-18-14(20)11-4-3-10(16)7-12(11)15(18)21/h3-4,7,9H,5-6,8,16H2,1-2H3,(H,17,19). The largest absolute Gasteiger partial charge is 0.399 e. The lowest BCUT2D eigenvalue weighted by molar-refractivity contribution is -0.121. The van der Waals surface area contributed by atoms with Gasteiger partial charge in [0.25, 0.3) is 11.8 Å². The van der Waals surface area contributed by atoms with E-state index in [0.717, 1.165) is 4.90 Å². The Labute approximate surface area is 123 Å². The molecule has 0 aliphatic carbocycles. The molecule has 0 spiro atoms. The van der Waals surface area contributed by atoms with Gasteiger partial charge < -0.3 is 11.1 Å². The highest BCUT2D eigenvalue weighted by atomic mass is 16.2. The van der Waals surface area contributed by atoms with Crippen molar-refractivity contribution in [3.8, 4) is 0 Å². The summed E-state index contributed by atoms with van der Waals surface area (Å²) >= 11 is 0. The van der Waals surface area contributed by atoms with Crippen molar-refractivity contribution in [2.24, 2.45) is 5.92 Å². The maximum atomic E-state index is 12.2. The van der Waals surface area contributed by atoms with Gasteiger partial charge in [-0.15, -0.1) is 0 Å². The number of hydrogen-bond acceptors (Lipinski definition) is 4. The Hall–Kier alpha value is -2.37. The van der Waals surface area contributed by atoms with Gasteiger partial charge in [0, 0.05) is 25.2 Å². The van der Waals surface area contributed by atoms with Crippen molar-refractivity contribution in [1.82, 2.24) is 10.2 Å². The molecule has 1 aliphatic rings. The molecule has 1 aliphatic heterocycles. The van der Waals surface area contributed by atoms with E-state index in [4.69, 9.17) is 5.73 Å². The van der Waals surface area contributed by atoms with E-state index in [2.05, 4.69) is 5.32 Å². The topological polar surface area (TPSA) is 92.5 Å².